The number of fused-ring (bicyclic) bond motifs is 1. The molecule has 1 aromatic rings. The first-order chi connectivity index (χ1) is 9.33. The summed E-state index contributed by atoms with van der Waals surface area (Å²) in [4.78, 5) is 11.4. The highest BCUT2D eigenvalue weighted by atomic mass is 16.2. The second kappa shape index (κ2) is 12.9. The number of ketones is 1. The van der Waals surface area contributed by atoms with E-state index in [0.29, 0.717) is 12.0 Å². The van der Waals surface area contributed by atoms with Gasteiger partial charge in [-0.25, -0.2) is 0 Å². The number of aryl methyl sites for hydroxylation is 1. The summed E-state index contributed by atoms with van der Waals surface area (Å²) in [6.45, 7) is 12.0. The van der Waals surface area contributed by atoms with Gasteiger partial charge in [-0.05, 0) is 17.5 Å². The molecule has 1 N–H and O–H groups in total. The zero-order chi connectivity index (χ0) is 15.3. The number of hydrogen-bond acceptors (Lipinski definition) is 2. The van der Waals surface area contributed by atoms with E-state index in [4.69, 9.17) is 5.11 Å². The van der Waals surface area contributed by atoms with Crippen LogP contribution in [0.15, 0.2) is 30.5 Å². The molecule has 0 spiro atoms. The van der Waals surface area contributed by atoms with Crippen LogP contribution in [0.3, 0.4) is 0 Å². The van der Waals surface area contributed by atoms with Crippen molar-refractivity contribution >= 4 is 11.4 Å². The van der Waals surface area contributed by atoms with Crippen LogP contribution >= 0.6 is 0 Å². The van der Waals surface area contributed by atoms with Crippen LogP contribution in [0.25, 0.3) is 5.57 Å². The highest BCUT2D eigenvalue weighted by Crippen LogP contribution is 2.27. The van der Waals surface area contributed by atoms with E-state index in [1.54, 1.807) is 0 Å². The average molecular weight is 264 g/mol. The summed E-state index contributed by atoms with van der Waals surface area (Å²) in [6, 6.07) is 7.68. The van der Waals surface area contributed by atoms with E-state index in [-0.39, 0.29) is 5.78 Å². The minimum Gasteiger partial charge on any atom is -0.515 e. The fourth-order valence-corrected chi connectivity index (χ4v) is 1.68. The van der Waals surface area contributed by atoms with Crippen molar-refractivity contribution in [2.45, 2.75) is 54.4 Å². The van der Waals surface area contributed by atoms with Crippen molar-refractivity contribution in [3.8, 4) is 0 Å². The molecule has 0 unspecified atom stereocenters. The molecule has 0 aromatic heterocycles. The van der Waals surface area contributed by atoms with Crippen LogP contribution in [-0.2, 0) is 11.2 Å². The number of carbonyl (C=O) groups excluding carboxylic acids is 1. The molecule has 0 atom stereocenters. The van der Waals surface area contributed by atoms with E-state index in [9.17, 15) is 4.79 Å². The first kappa shape index (κ1) is 19.8. The van der Waals surface area contributed by atoms with E-state index in [1.807, 2.05) is 65.8 Å². The molecule has 0 radical (unpaired) electrons. The summed E-state index contributed by atoms with van der Waals surface area (Å²) in [5.74, 6) is 0.0289. The van der Waals surface area contributed by atoms with Crippen LogP contribution in [-0.4, -0.2) is 10.9 Å². The van der Waals surface area contributed by atoms with Gasteiger partial charge in [0.1, 0.15) is 0 Å². The van der Waals surface area contributed by atoms with Gasteiger partial charge in [0.15, 0.2) is 5.78 Å². The number of carbonyl (C=O) groups is 1. The molecule has 1 aliphatic rings. The van der Waals surface area contributed by atoms with Gasteiger partial charge in [-0.3, -0.25) is 4.79 Å². The molecule has 1 aromatic carbocycles. The second-order valence-electron chi connectivity index (χ2n) is 3.12. The van der Waals surface area contributed by atoms with Crippen molar-refractivity contribution in [1.29, 1.82) is 0 Å². The molecule has 2 heteroatoms. The predicted octanol–water partition coefficient (Wildman–Crippen LogP) is 5.18. The Hall–Kier alpha value is -1.57. The number of aliphatic hydroxyl groups is 1. The molecular weight excluding hydrogens is 236 g/mol. The molecule has 0 amide bonds. The highest BCUT2D eigenvalue weighted by molar-refractivity contribution is 6.21. The molecule has 2 rings (SSSR count). The van der Waals surface area contributed by atoms with Crippen LogP contribution in [0.5, 0.6) is 0 Å². The van der Waals surface area contributed by atoms with Crippen molar-refractivity contribution in [3.05, 3.63) is 41.7 Å². The molecule has 0 heterocycles. The van der Waals surface area contributed by atoms with Crippen LogP contribution in [0.2, 0.25) is 0 Å². The molecule has 0 aliphatic heterocycles. The van der Waals surface area contributed by atoms with Crippen LogP contribution in [0.4, 0.5) is 0 Å². The van der Waals surface area contributed by atoms with Gasteiger partial charge in [0.25, 0.3) is 0 Å². The number of Topliss-reactive ketones (excluding diaryl/α,β-unsaturated/α-hetero) is 1. The Morgan fingerprint density at radius 1 is 0.947 bits per heavy atom. The van der Waals surface area contributed by atoms with Gasteiger partial charge >= 0.3 is 0 Å². The van der Waals surface area contributed by atoms with Crippen molar-refractivity contribution in [2.24, 2.45) is 0 Å². The Labute approximate surface area is 118 Å². The summed E-state index contributed by atoms with van der Waals surface area (Å²) in [7, 11) is 0. The van der Waals surface area contributed by atoms with Gasteiger partial charge in [0.2, 0.25) is 0 Å². The SMILES string of the molecule is CC.CC.CC.O=C1CCc2ccccc2/C1=C/O. The van der Waals surface area contributed by atoms with Gasteiger partial charge in [-0.1, -0.05) is 65.8 Å². The number of allylic oxidation sites excluding steroid dienone is 1. The maximum Gasteiger partial charge on any atom is 0.166 e. The summed E-state index contributed by atoms with van der Waals surface area (Å²) >= 11 is 0. The van der Waals surface area contributed by atoms with Crippen molar-refractivity contribution in [2.75, 3.05) is 0 Å². The molecule has 108 valence electrons. The molecule has 2 nitrogen and oxygen atoms in total. The number of hydrogen-bond donors (Lipinski definition) is 1. The first-order valence-electron chi connectivity index (χ1n) is 7.29. The third kappa shape index (κ3) is 5.73. The van der Waals surface area contributed by atoms with E-state index in [2.05, 4.69) is 0 Å². The molecule has 19 heavy (non-hydrogen) atoms. The fourth-order valence-electron chi connectivity index (χ4n) is 1.68. The van der Waals surface area contributed by atoms with Crippen molar-refractivity contribution < 1.29 is 9.90 Å². The number of rotatable bonds is 0. The first-order valence-corrected chi connectivity index (χ1v) is 7.29. The van der Waals surface area contributed by atoms with Crippen molar-refractivity contribution in [1.82, 2.24) is 0 Å². The molecular formula is C17H28O2. The van der Waals surface area contributed by atoms with E-state index < -0.39 is 0 Å². The van der Waals surface area contributed by atoms with Gasteiger partial charge in [0, 0.05) is 6.42 Å². The quantitative estimate of drug-likeness (QED) is 0.518. The second-order valence-corrected chi connectivity index (χ2v) is 3.12. The molecule has 0 saturated carbocycles. The standard InChI is InChI=1S/C11H10O2.3C2H6/c12-7-10-9-4-2-1-3-8(9)5-6-11(10)13;3*1-2/h1-4,7,12H,5-6H2;3*1-2H3/b10-7-;;;. The lowest BCUT2D eigenvalue weighted by Gasteiger charge is -2.16. The monoisotopic (exact) mass is 264 g/mol. The molecule has 1 aliphatic carbocycles. The maximum absolute atomic E-state index is 11.4. The van der Waals surface area contributed by atoms with E-state index in [0.717, 1.165) is 23.8 Å². The minimum absolute atomic E-state index is 0.0289. The number of benzene rings is 1. The third-order valence-electron chi connectivity index (χ3n) is 2.36. The molecule has 0 saturated heterocycles. The normalized spacial score (nSPS) is 13.8. The largest absolute Gasteiger partial charge is 0.515 e. The van der Waals surface area contributed by atoms with E-state index >= 15 is 0 Å². The topological polar surface area (TPSA) is 37.3 Å². The molecule has 0 fully saturated rings. The van der Waals surface area contributed by atoms with Gasteiger partial charge in [-0.15, -0.1) is 0 Å². The van der Waals surface area contributed by atoms with Crippen LogP contribution in [0.1, 0.15) is 59.1 Å². The van der Waals surface area contributed by atoms with Crippen LogP contribution < -0.4 is 0 Å². The fraction of sp³-hybridized carbons (Fsp3) is 0.471. The Bertz CT molecular complexity index is 379. The highest BCUT2D eigenvalue weighted by Gasteiger charge is 2.20. The van der Waals surface area contributed by atoms with Gasteiger partial charge in [-0.2, -0.15) is 0 Å². The summed E-state index contributed by atoms with van der Waals surface area (Å²) in [5.41, 5.74) is 2.46. The zero-order valence-corrected chi connectivity index (χ0v) is 13.2. The lowest BCUT2D eigenvalue weighted by Crippen LogP contribution is -2.12. The lowest BCUT2D eigenvalue weighted by molar-refractivity contribution is -0.114. The molecule has 0 bridgehead atoms. The van der Waals surface area contributed by atoms with Gasteiger partial charge in [0.05, 0.1) is 11.8 Å². The number of aliphatic hydroxyl groups excluding tert-OH is 1. The average Bonchev–Trinajstić information content (AvgIpc) is 2.53. The summed E-state index contributed by atoms with van der Waals surface area (Å²) < 4.78 is 0. The Balaban J connectivity index is 0. The third-order valence-corrected chi connectivity index (χ3v) is 2.36. The minimum atomic E-state index is 0.0289. The smallest absolute Gasteiger partial charge is 0.166 e. The van der Waals surface area contributed by atoms with Crippen LogP contribution in [0, 0.1) is 0 Å². The summed E-state index contributed by atoms with van der Waals surface area (Å²) in [6.07, 6.45) is 2.20. The Morgan fingerprint density at radius 3 is 2.00 bits per heavy atom. The Morgan fingerprint density at radius 2 is 1.47 bits per heavy atom. The summed E-state index contributed by atoms with van der Waals surface area (Å²) in [5, 5.41) is 8.93. The Kier molecular flexibility index (Phi) is 13.4. The lowest BCUT2D eigenvalue weighted by atomic mass is 9.87. The van der Waals surface area contributed by atoms with Crippen molar-refractivity contribution in [3.63, 3.8) is 0 Å². The van der Waals surface area contributed by atoms with Gasteiger partial charge < -0.3 is 5.11 Å². The predicted molar refractivity (Wildman–Crippen MR) is 84.4 cm³/mol. The van der Waals surface area contributed by atoms with E-state index in [1.165, 1.54) is 0 Å². The zero-order valence-electron chi connectivity index (χ0n) is 13.2. The maximum atomic E-state index is 11.4.